The summed E-state index contributed by atoms with van der Waals surface area (Å²) in [6.45, 7) is -0.673. The number of aromatic nitrogens is 3. The standard InChI is InChI=1S/C37H28F3N7O4S/c1-42-36(48)33-25-13-24(29(45(2)52(3,49)50)15-31(25)51-35(33)20-7-9-22(38)10-8-20)26-11-12-27-34(44-26)30-14-23-21(16-41)5-4-6-28(23)47(30)32(43-27)17-46-18-37(39,40)19-46/h4-15H,17-19H2,1-3H3,(H,42,48). The molecule has 0 unspecified atom stereocenters. The van der Waals surface area contributed by atoms with Crippen LogP contribution in [0.5, 0.6) is 0 Å². The number of anilines is 1. The van der Waals surface area contributed by atoms with Crippen molar-refractivity contribution in [3.05, 3.63) is 95.6 Å². The molecule has 3 aromatic carbocycles. The Balaban J connectivity index is 1.40. The molecule has 1 amide bonds. The highest BCUT2D eigenvalue weighted by molar-refractivity contribution is 7.92. The Labute approximate surface area is 294 Å². The van der Waals surface area contributed by atoms with Crippen LogP contribution in [-0.2, 0) is 16.6 Å². The zero-order valence-electron chi connectivity index (χ0n) is 27.9. The van der Waals surface area contributed by atoms with Gasteiger partial charge in [0.25, 0.3) is 11.8 Å². The van der Waals surface area contributed by atoms with Crippen LogP contribution in [0.3, 0.4) is 0 Å². The Morgan fingerprint density at radius 2 is 1.79 bits per heavy atom. The average molecular weight is 724 g/mol. The first-order chi connectivity index (χ1) is 24.8. The monoisotopic (exact) mass is 723 g/mol. The van der Waals surface area contributed by atoms with Crippen molar-refractivity contribution < 1.29 is 30.8 Å². The van der Waals surface area contributed by atoms with E-state index in [9.17, 15) is 31.6 Å². The Bertz CT molecular complexity index is 2780. The van der Waals surface area contributed by atoms with E-state index in [2.05, 4.69) is 11.4 Å². The number of pyridine rings is 1. The lowest BCUT2D eigenvalue weighted by Crippen LogP contribution is -2.55. The summed E-state index contributed by atoms with van der Waals surface area (Å²) in [6, 6.07) is 21.2. The Morgan fingerprint density at radius 3 is 2.46 bits per heavy atom. The topological polar surface area (TPSA) is 137 Å². The van der Waals surface area contributed by atoms with Gasteiger partial charge in [-0.1, -0.05) is 6.07 Å². The first-order valence-corrected chi connectivity index (χ1v) is 17.9. The number of carbonyl (C=O) groups is 1. The maximum absolute atomic E-state index is 13.8. The number of carbonyl (C=O) groups excluding carboxylic acids is 1. The molecule has 1 aliphatic heterocycles. The number of alkyl halides is 2. The van der Waals surface area contributed by atoms with Crippen molar-refractivity contribution in [3.8, 4) is 28.7 Å². The van der Waals surface area contributed by atoms with E-state index in [1.165, 1.54) is 44.4 Å². The molecule has 15 heteroatoms. The molecule has 8 rings (SSSR count). The van der Waals surface area contributed by atoms with Gasteiger partial charge in [-0.15, -0.1) is 0 Å². The van der Waals surface area contributed by atoms with Crippen molar-refractivity contribution in [3.63, 3.8) is 0 Å². The third-order valence-electron chi connectivity index (χ3n) is 9.35. The van der Waals surface area contributed by atoms with Crippen molar-refractivity contribution in [2.75, 3.05) is 37.7 Å². The van der Waals surface area contributed by atoms with Crippen LogP contribution < -0.4 is 9.62 Å². The maximum atomic E-state index is 13.8. The second-order valence-electron chi connectivity index (χ2n) is 12.8. The van der Waals surface area contributed by atoms with E-state index in [-0.39, 0.29) is 29.1 Å². The highest BCUT2D eigenvalue weighted by Crippen LogP contribution is 2.42. The summed E-state index contributed by atoms with van der Waals surface area (Å²) < 4.78 is 76.4. The first-order valence-electron chi connectivity index (χ1n) is 16.0. The first kappa shape index (κ1) is 33.2. The summed E-state index contributed by atoms with van der Waals surface area (Å²) in [5.74, 6) is -3.08. The molecule has 0 aliphatic carbocycles. The lowest BCUT2D eigenvalue weighted by molar-refractivity contribution is -0.134. The molecule has 7 aromatic rings. The van der Waals surface area contributed by atoms with Crippen LogP contribution in [0.25, 0.3) is 61.0 Å². The number of sulfonamides is 1. The van der Waals surface area contributed by atoms with Gasteiger partial charge in [-0.3, -0.25) is 18.4 Å². The highest BCUT2D eigenvalue weighted by atomic mass is 32.2. The van der Waals surface area contributed by atoms with E-state index < -0.39 is 40.8 Å². The molecule has 1 N–H and O–H groups in total. The van der Waals surface area contributed by atoms with Crippen LogP contribution in [0.2, 0.25) is 0 Å². The van der Waals surface area contributed by atoms with Gasteiger partial charge in [-0.25, -0.2) is 31.6 Å². The van der Waals surface area contributed by atoms with Crippen LogP contribution in [-0.4, -0.2) is 73.0 Å². The summed E-state index contributed by atoms with van der Waals surface area (Å²) in [5.41, 5.74) is 4.17. The second-order valence-corrected chi connectivity index (χ2v) is 14.8. The highest BCUT2D eigenvalue weighted by Gasteiger charge is 2.44. The van der Waals surface area contributed by atoms with Gasteiger partial charge in [-0.05, 0) is 60.7 Å². The van der Waals surface area contributed by atoms with Gasteiger partial charge in [0.2, 0.25) is 10.0 Å². The third-order valence-corrected chi connectivity index (χ3v) is 10.5. The summed E-state index contributed by atoms with van der Waals surface area (Å²) in [6.07, 6.45) is 1.05. The Morgan fingerprint density at radius 1 is 1.04 bits per heavy atom. The van der Waals surface area contributed by atoms with Gasteiger partial charge >= 0.3 is 0 Å². The fourth-order valence-corrected chi connectivity index (χ4v) is 7.32. The normalized spacial score (nSPS) is 14.6. The lowest BCUT2D eigenvalue weighted by atomic mass is 10.0. The number of nitriles is 1. The number of furan rings is 1. The van der Waals surface area contributed by atoms with Gasteiger partial charge < -0.3 is 9.73 Å². The molecule has 0 bridgehead atoms. The fraction of sp³-hybridized carbons (Fsp3) is 0.189. The molecule has 1 aliphatic rings. The van der Waals surface area contributed by atoms with Gasteiger partial charge in [0.1, 0.15) is 28.5 Å². The molecule has 5 heterocycles. The number of fused-ring (bicyclic) bond motifs is 6. The zero-order chi connectivity index (χ0) is 36.7. The van der Waals surface area contributed by atoms with Crippen LogP contribution >= 0.6 is 0 Å². The fourth-order valence-electron chi connectivity index (χ4n) is 6.81. The van der Waals surface area contributed by atoms with E-state index in [4.69, 9.17) is 14.4 Å². The van der Waals surface area contributed by atoms with E-state index in [0.29, 0.717) is 61.0 Å². The molecule has 52 heavy (non-hydrogen) atoms. The zero-order valence-corrected chi connectivity index (χ0v) is 28.7. The molecular formula is C37H28F3N7O4S. The van der Waals surface area contributed by atoms with Crippen molar-refractivity contribution in [1.82, 2.24) is 24.6 Å². The minimum atomic E-state index is -3.82. The molecule has 4 aromatic heterocycles. The Kier molecular flexibility index (Phi) is 7.52. The molecule has 262 valence electrons. The minimum absolute atomic E-state index is 0.128. The van der Waals surface area contributed by atoms with Crippen LogP contribution in [0.15, 0.2) is 77.2 Å². The molecule has 1 saturated heterocycles. The number of benzene rings is 3. The number of nitrogens with one attached hydrogen (secondary N) is 1. The summed E-state index contributed by atoms with van der Waals surface area (Å²) >= 11 is 0. The van der Waals surface area contributed by atoms with Gasteiger partial charge in [0.15, 0.2) is 0 Å². The third kappa shape index (κ3) is 5.38. The van der Waals surface area contributed by atoms with Crippen molar-refractivity contribution in [1.29, 1.82) is 5.26 Å². The molecule has 0 atom stereocenters. The summed E-state index contributed by atoms with van der Waals surface area (Å²) in [4.78, 5) is 24.8. The average Bonchev–Trinajstić information content (AvgIpc) is 3.69. The van der Waals surface area contributed by atoms with Crippen molar-refractivity contribution in [2.24, 2.45) is 0 Å². The largest absolute Gasteiger partial charge is 0.455 e. The molecule has 11 nitrogen and oxygen atoms in total. The number of halogens is 3. The van der Waals surface area contributed by atoms with Crippen molar-refractivity contribution in [2.45, 2.75) is 12.5 Å². The SMILES string of the molecule is CNC(=O)c1c(-c2ccc(F)cc2)oc2cc(N(C)S(C)(=O)=O)c(-c3ccc4nc(CN5CC(F)(F)C5)n5c6cccc(C#N)c6cc5c4n3)cc12. The van der Waals surface area contributed by atoms with Crippen LogP contribution in [0, 0.1) is 17.1 Å². The summed E-state index contributed by atoms with van der Waals surface area (Å²) in [5, 5.41) is 13.5. The molecular weight excluding hydrogens is 696 g/mol. The summed E-state index contributed by atoms with van der Waals surface area (Å²) in [7, 11) is -0.970. The molecule has 0 radical (unpaired) electrons. The van der Waals surface area contributed by atoms with Crippen LogP contribution in [0.4, 0.5) is 18.9 Å². The number of hydrogen-bond donors (Lipinski definition) is 1. The smallest absolute Gasteiger partial charge is 0.272 e. The molecule has 0 spiro atoms. The minimum Gasteiger partial charge on any atom is -0.455 e. The quantitative estimate of drug-likeness (QED) is 0.202. The van der Waals surface area contributed by atoms with E-state index in [1.807, 2.05) is 16.5 Å². The maximum Gasteiger partial charge on any atom is 0.272 e. The number of hydrogen-bond acceptors (Lipinski definition) is 8. The number of rotatable bonds is 7. The van der Waals surface area contributed by atoms with Gasteiger partial charge in [0, 0.05) is 42.1 Å². The second kappa shape index (κ2) is 11.8. The van der Waals surface area contributed by atoms with E-state index >= 15 is 0 Å². The Hall–Kier alpha value is -5.98. The van der Waals surface area contributed by atoms with Crippen LogP contribution in [0.1, 0.15) is 21.7 Å². The van der Waals surface area contributed by atoms with E-state index in [1.54, 1.807) is 35.2 Å². The predicted octanol–water partition coefficient (Wildman–Crippen LogP) is 6.33. The molecule has 1 fully saturated rings. The van der Waals surface area contributed by atoms with Gasteiger partial charge in [-0.2, -0.15) is 5.26 Å². The van der Waals surface area contributed by atoms with E-state index in [0.717, 1.165) is 10.6 Å². The molecule has 0 saturated carbocycles. The van der Waals surface area contributed by atoms with Crippen molar-refractivity contribution >= 4 is 60.0 Å². The lowest BCUT2D eigenvalue weighted by Gasteiger charge is -2.38. The predicted molar refractivity (Wildman–Crippen MR) is 190 cm³/mol. The number of nitrogens with zero attached hydrogens (tertiary/aromatic N) is 6. The van der Waals surface area contributed by atoms with Gasteiger partial charge in [0.05, 0.1) is 71.0 Å². The number of amides is 1. The number of likely N-dealkylation sites (tertiary alicyclic amines) is 1.